The van der Waals surface area contributed by atoms with Crippen LogP contribution in [0.4, 0.5) is 0 Å². The van der Waals surface area contributed by atoms with Gasteiger partial charge in [-0.15, -0.1) is 0 Å². The summed E-state index contributed by atoms with van der Waals surface area (Å²) in [6.45, 7) is 7.15. The van der Waals surface area contributed by atoms with Crippen LogP contribution in [0.3, 0.4) is 0 Å². The fraction of sp³-hybridized carbons (Fsp3) is 0.571. The Kier molecular flexibility index (Phi) is 6.64. The van der Waals surface area contributed by atoms with Gasteiger partial charge in [0, 0.05) is 24.1 Å². The zero-order chi connectivity index (χ0) is 15.3. The van der Waals surface area contributed by atoms with Gasteiger partial charge in [-0.05, 0) is 46.5 Å². The summed E-state index contributed by atoms with van der Waals surface area (Å²) in [5, 5.41) is 0. The molecule has 20 heavy (non-hydrogen) atoms. The molecule has 2 N–H and O–H groups in total. The average molecular weight is 363 g/mol. The fourth-order valence-electron chi connectivity index (χ4n) is 2.04. The summed E-state index contributed by atoms with van der Waals surface area (Å²) >= 11 is 3.40. The quantitative estimate of drug-likeness (QED) is 0.810. The zero-order valence-corrected chi connectivity index (χ0v) is 14.7. The third-order valence-electron chi connectivity index (χ3n) is 3.25. The summed E-state index contributed by atoms with van der Waals surface area (Å²) in [6.07, 6.45) is 1.83. The van der Waals surface area contributed by atoms with Crippen molar-refractivity contribution in [3.8, 4) is 0 Å². The van der Waals surface area contributed by atoms with E-state index < -0.39 is 10.0 Å². The molecule has 0 radical (unpaired) electrons. The van der Waals surface area contributed by atoms with Crippen LogP contribution in [0.5, 0.6) is 0 Å². The Morgan fingerprint density at radius 1 is 1.30 bits per heavy atom. The van der Waals surface area contributed by atoms with Gasteiger partial charge < -0.3 is 5.73 Å². The van der Waals surface area contributed by atoms with Crippen molar-refractivity contribution >= 4 is 26.0 Å². The topological polar surface area (TPSA) is 63.4 Å². The first-order valence-electron chi connectivity index (χ1n) is 6.87. The number of halogens is 1. The van der Waals surface area contributed by atoms with Gasteiger partial charge in [0.2, 0.25) is 10.0 Å². The van der Waals surface area contributed by atoms with Gasteiger partial charge in [-0.3, -0.25) is 0 Å². The molecule has 0 spiro atoms. The number of hydrogen-bond donors (Lipinski definition) is 1. The van der Waals surface area contributed by atoms with Crippen LogP contribution in [-0.4, -0.2) is 25.8 Å². The molecule has 0 aliphatic heterocycles. The molecule has 0 amide bonds. The minimum Gasteiger partial charge on any atom is -0.326 e. The van der Waals surface area contributed by atoms with Crippen LogP contribution in [0.25, 0.3) is 0 Å². The molecule has 0 unspecified atom stereocenters. The summed E-state index contributed by atoms with van der Waals surface area (Å²) in [5.41, 5.74) is 7.36. The largest absolute Gasteiger partial charge is 0.326 e. The van der Waals surface area contributed by atoms with Crippen LogP contribution >= 0.6 is 15.9 Å². The first-order chi connectivity index (χ1) is 9.38. The Bertz CT molecular complexity index is 559. The van der Waals surface area contributed by atoms with Crippen molar-refractivity contribution in [2.45, 2.75) is 45.1 Å². The number of nitrogens with zero attached hydrogens (tertiary/aromatic N) is 1. The summed E-state index contributed by atoms with van der Waals surface area (Å²) in [4.78, 5) is 0.316. The van der Waals surface area contributed by atoms with E-state index in [1.165, 1.54) is 4.31 Å². The molecular formula is C14H23BrN2O2S. The molecule has 0 atom stereocenters. The van der Waals surface area contributed by atoms with Crippen LogP contribution < -0.4 is 5.73 Å². The lowest BCUT2D eigenvalue weighted by Crippen LogP contribution is -2.32. The van der Waals surface area contributed by atoms with Crippen molar-refractivity contribution in [3.05, 3.63) is 27.7 Å². The fourth-order valence-corrected chi connectivity index (χ4v) is 4.55. The standard InChI is InChI=1S/C14H23BrN2O2S/c1-4-6-7-17(5-2)20(18,19)13-9-12(10-16)8-11(3)14(13)15/h8-9H,4-7,10,16H2,1-3H3. The van der Waals surface area contributed by atoms with E-state index in [2.05, 4.69) is 22.9 Å². The molecule has 0 aliphatic rings. The van der Waals surface area contributed by atoms with Crippen molar-refractivity contribution in [2.24, 2.45) is 5.73 Å². The second-order valence-corrected chi connectivity index (χ2v) is 7.48. The molecule has 0 saturated carbocycles. The molecule has 6 heteroatoms. The lowest BCUT2D eigenvalue weighted by atomic mass is 10.1. The van der Waals surface area contributed by atoms with Crippen molar-refractivity contribution in [1.29, 1.82) is 0 Å². The minimum absolute atomic E-state index is 0.316. The maximum atomic E-state index is 12.8. The molecule has 0 saturated heterocycles. The molecule has 1 aromatic carbocycles. The summed E-state index contributed by atoms with van der Waals surface area (Å²) in [6, 6.07) is 3.58. The number of aryl methyl sites for hydroxylation is 1. The predicted molar refractivity (Wildman–Crippen MR) is 86.1 cm³/mol. The highest BCUT2D eigenvalue weighted by Crippen LogP contribution is 2.29. The van der Waals surface area contributed by atoms with Gasteiger partial charge in [-0.2, -0.15) is 4.31 Å². The summed E-state index contributed by atoms with van der Waals surface area (Å²) in [5.74, 6) is 0. The highest BCUT2D eigenvalue weighted by Gasteiger charge is 2.26. The third kappa shape index (κ3) is 3.81. The number of benzene rings is 1. The monoisotopic (exact) mass is 362 g/mol. The van der Waals surface area contributed by atoms with E-state index in [-0.39, 0.29) is 0 Å². The van der Waals surface area contributed by atoms with Gasteiger partial charge in [0.15, 0.2) is 0 Å². The molecular weight excluding hydrogens is 340 g/mol. The van der Waals surface area contributed by atoms with Gasteiger partial charge >= 0.3 is 0 Å². The predicted octanol–water partition coefficient (Wildman–Crippen LogP) is 3.03. The van der Waals surface area contributed by atoms with Crippen molar-refractivity contribution in [2.75, 3.05) is 13.1 Å². The maximum absolute atomic E-state index is 12.8. The Labute approximate surface area is 130 Å². The molecule has 4 nitrogen and oxygen atoms in total. The first-order valence-corrected chi connectivity index (χ1v) is 9.11. The van der Waals surface area contributed by atoms with E-state index in [9.17, 15) is 8.42 Å². The smallest absolute Gasteiger partial charge is 0.244 e. The lowest BCUT2D eigenvalue weighted by molar-refractivity contribution is 0.418. The number of sulfonamides is 1. The SMILES string of the molecule is CCCCN(CC)S(=O)(=O)c1cc(CN)cc(C)c1Br. The number of nitrogens with two attached hydrogens (primary N) is 1. The maximum Gasteiger partial charge on any atom is 0.244 e. The molecule has 0 heterocycles. The van der Waals surface area contributed by atoms with Gasteiger partial charge in [0.05, 0.1) is 4.90 Å². The normalized spacial score (nSPS) is 12.1. The molecule has 0 bridgehead atoms. The Hall–Kier alpha value is -0.430. The Morgan fingerprint density at radius 2 is 1.95 bits per heavy atom. The Morgan fingerprint density at radius 3 is 2.45 bits per heavy atom. The van der Waals surface area contributed by atoms with Crippen LogP contribution in [0.15, 0.2) is 21.5 Å². The van der Waals surface area contributed by atoms with Gasteiger partial charge in [-0.1, -0.05) is 26.3 Å². The molecule has 1 aromatic rings. The summed E-state index contributed by atoms with van der Waals surface area (Å²) < 4.78 is 27.7. The van der Waals surface area contributed by atoms with Crippen LogP contribution in [-0.2, 0) is 16.6 Å². The third-order valence-corrected chi connectivity index (χ3v) is 6.56. The highest BCUT2D eigenvalue weighted by molar-refractivity contribution is 9.10. The van der Waals surface area contributed by atoms with Crippen LogP contribution in [0, 0.1) is 6.92 Å². The second kappa shape index (κ2) is 7.54. The van der Waals surface area contributed by atoms with Crippen LogP contribution in [0.1, 0.15) is 37.8 Å². The van der Waals surface area contributed by atoms with Crippen molar-refractivity contribution < 1.29 is 8.42 Å². The van der Waals surface area contributed by atoms with E-state index in [0.29, 0.717) is 29.0 Å². The number of hydrogen-bond acceptors (Lipinski definition) is 3. The lowest BCUT2D eigenvalue weighted by Gasteiger charge is -2.22. The Balaban J connectivity index is 3.29. The minimum atomic E-state index is -3.48. The molecule has 1 rings (SSSR count). The van der Waals surface area contributed by atoms with Crippen molar-refractivity contribution in [3.63, 3.8) is 0 Å². The van der Waals surface area contributed by atoms with Gasteiger partial charge in [-0.25, -0.2) is 8.42 Å². The first kappa shape index (κ1) is 17.6. The number of unbranched alkanes of at least 4 members (excludes halogenated alkanes) is 1. The van der Waals surface area contributed by atoms with E-state index in [0.717, 1.165) is 24.0 Å². The average Bonchev–Trinajstić information content (AvgIpc) is 2.42. The number of rotatable bonds is 7. The van der Waals surface area contributed by atoms with E-state index in [1.54, 1.807) is 6.07 Å². The van der Waals surface area contributed by atoms with E-state index >= 15 is 0 Å². The van der Waals surface area contributed by atoms with Crippen LogP contribution in [0.2, 0.25) is 0 Å². The van der Waals surface area contributed by atoms with Gasteiger partial charge in [0.25, 0.3) is 0 Å². The second-order valence-electron chi connectivity index (χ2n) is 4.78. The van der Waals surface area contributed by atoms with E-state index in [1.807, 2.05) is 19.9 Å². The van der Waals surface area contributed by atoms with Crippen molar-refractivity contribution in [1.82, 2.24) is 4.31 Å². The molecule has 114 valence electrons. The highest BCUT2D eigenvalue weighted by atomic mass is 79.9. The molecule has 0 aliphatic carbocycles. The van der Waals surface area contributed by atoms with E-state index in [4.69, 9.17) is 5.73 Å². The summed E-state index contributed by atoms with van der Waals surface area (Å²) in [7, 11) is -3.48. The molecule has 0 fully saturated rings. The molecule has 0 aromatic heterocycles. The van der Waals surface area contributed by atoms with Gasteiger partial charge in [0.1, 0.15) is 0 Å². The zero-order valence-electron chi connectivity index (χ0n) is 12.3.